The van der Waals surface area contributed by atoms with Crippen LogP contribution in [0.3, 0.4) is 0 Å². The number of nitrogens with one attached hydrogen (secondary N) is 2. The molecule has 0 aromatic heterocycles. The molecular weight excluding hydrogens is 272 g/mol. The second kappa shape index (κ2) is 8.11. The quantitative estimate of drug-likeness (QED) is 0.252. The normalized spacial score (nSPS) is 12.8. The van der Waals surface area contributed by atoms with Crippen LogP contribution < -0.4 is 21.1 Å². The molecule has 0 aliphatic rings. The summed E-state index contributed by atoms with van der Waals surface area (Å²) >= 11 is 0. The Morgan fingerprint density at radius 2 is 2.24 bits per heavy atom. The van der Waals surface area contributed by atoms with Gasteiger partial charge in [-0.15, -0.1) is 0 Å². The van der Waals surface area contributed by atoms with Crippen LogP contribution >= 0.6 is 0 Å². The maximum absolute atomic E-state index is 11.7. The molecule has 0 fully saturated rings. The Hall–Kier alpha value is -2.28. The second-order valence-corrected chi connectivity index (χ2v) is 4.51. The topological polar surface area (TPSA) is 109 Å². The van der Waals surface area contributed by atoms with E-state index in [0.717, 1.165) is 5.56 Å². The lowest BCUT2D eigenvalue weighted by atomic mass is 10.1. The van der Waals surface area contributed by atoms with E-state index in [1.807, 2.05) is 6.92 Å². The summed E-state index contributed by atoms with van der Waals surface area (Å²) < 4.78 is 5.27. The first-order valence-electron chi connectivity index (χ1n) is 6.69. The van der Waals surface area contributed by atoms with Crippen molar-refractivity contribution >= 4 is 11.7 Å². The van der Waals surface area contributed by atoms with Gasteiger partial charge in [0.15, 0.2) is 5.84 Å². The number of methoxy groups -OCH3 is 1. The standard InChI is InChI=1S/C14H22N4O3/c1-4-16-14(19)9(2)17-8-11-7-10(13(15)18-20)5-6-12(11)21-3/h5-7,9,17,20H,4,8H2,1-3H3,(H2,15,18)(H,16,19). The van der Waals surface area contributed by atoms with Crippen molar-refractivity contribution in [3.8, 4) is 5.75 Å². The fourth-order valence-corrected chi connectivity index (χ4v) is 1.82. The maximum atomic E-state index is 11.7. The fourth-order valence-electron chi connectivity index (χ4n) is 1.82. The van der Waals surface area contributed by atoms with Gasteiger partial charge in [-0.25, -0.2) is 0 Å². The molecule has 0 radical (unpaired) electrons. The Morgan fingerprint density at radius 1 is 1.52 bits per heavy atom. The average molecular weight is 294 g/mol. The van der Waals surface area contributed by atoms with Crippen molar-refractivity contribution < 1.29 is 14.7 Å². The maximum Gasteiger partial charge on any atom is 0.236 e. The number of carbonyl (C=O) groups is 1. The number of benzene rings is 1. The van der Waals surface area contributed by atoms with Crippen molar-refractivity contribution in [1.29, 1.82) is 0 Å². The van der Waals surface area contributed by atoms with Gasteiger partial charge in [0.05, 0.1) is 13.2 Å². The summed E-state index contributed by atoms with van der Waals surface area (Å²) in [6.45, 7) is 4.67. The summed E-state index contributed by atoms with van der Waals surface area (Å²) in [4.78, 5) is 11.7. The first kappa shape index (κ1) is 16.8. The second-order valence-electron chi connectivity index (χ2n) is 4.51. The molecule has 1 amide bonds. The molecular formula is C14H22N4O3. The Balaban J connectivity index is 2.83. The van der Waals surface area contributed by atoms with E-state index in [1.54, 1.807) is 32.2 Å². The van der Waals surface area contributed by atoms with E-state index in [-0.39, 0.29) is 17.8 Å². The van der Waals surface area contributed by atoms with Crippen LogP contribution in [0.5, 0.6) is 5.75 Å². The monoisotopic (exact) mass is 294 g/mol. The minimum absolute atomic E-state index is 0.0238. The molecule has 1 aromatic rings. The molecule has 21 heavy (non-hydrogen) atoms. The van der Waals surface area contributed by atoms with Gasteiger partial charge >= 0.3 is 0 Å². The average Bonchev–Trinajstić information content (AvgIpc) is 2.51. The number of carbonyl (C=O) groups excluding carboxylic acids is 1. The smallest absolute Gasteiger partial charge is 0.236 e. The van der Waals surface area contributed by atoms with Crippen LogP contribution in [-0.2, 0) is 11.3 Å². The van der Waals surface area contributed by atoms with E-state index < -0.39 is 0 Å². The van der Waals surface area contributed by atoms with Crippen molar-refractivity contribution in [2.75, 3.05) is 13.7 Å². The minimum atomic E-state index is -0.331. The van der Waals surface area contributed by atoms with Crippen molar-refractivity contribution in [3.63, 3.8) is 0 Å². The number of ether oxygens (including phenoxy) is 1. The molecule has 0 aliphatic heterocycles. The third-order valence-corrected chi connectivity index (χ3v) is 3.03. The van der Waals surface area contributed by atoms with E-state index in [4.69, 9.17) is 15.7 Å². The Bertz CT molecular complexity index is 517. The van der Waals surface area contributed by atoms with Crippen LogP contribution in [0.15, 0.2) is 23.4 Å². The molecule has 7 nitrogen and oxygen atoms in total. The summed E-state index contributed by atoms with van der Waals surface area (Å²) in [6.07, 6.45) is 0. The van der Waals surface area contributed by atoms with Crippen LogP contribution in [0.2, 0.25) is 0 Å². The predicted molar refractivity (Wildman–Crippen MR) is 80.5 cm³/mol. The molecule has 0 heterocycles. The Labute approximate surface area is 124 Å². The van der Waals surface area contributed by atoms with Gasteiger partial charge < -0.3 is 26.3 Å². The molecule has 116 valence electrons. The minimum Gasteiger partial charge on any atom is -0.496 e. The zero-order valence-electron chi connectivity index (χ0n) is 12.5. The van der Waals surface area contributed by atoms with Crippen LogP contribution in [0, 0.1) is 0 Å². The van der Waals surface area contributed by atoms with Crippen molar-refractivity contribution in [2.24, 2.45) is 10.9 Å². The van der Waals surface area contributed by atoms with Gasteiger partial charge in [-0.2, -0.15) is 0 Å². The van der Waals surface area contributed by atoms with E-state index in [9.17, 15) is 4.79 Å². The summed E-state index contributed by atoms with van der Waals surface area (Å²) in [5.74, 6) is 0.625. The van der Waals surface area contributed by atoms with Gasteiger partial charge in [0.25, 0.3) is 0 Å². The molecule has 5 N–H and O–H groups in total. The zero-order chi connectivity index (χ0) is 15.8. The Morgan fingerprint density at radius 3 is 2.81 bits per heavy atom. The molecule has 7 heteroatoms. The highest BCUT2D eigenvalue weighted by atomic mass is 16.5. The summed E-state index contributed by atoms with van der Waals surface area (Å²) in [5.41, 5.74) is 6.97. The molecule has 1 rings (SSSR count). The highest BCUT2D eigenvalue weighted by Gasteiger charge is 2.13. The first-order valence-corrected chi connectivity index (χ1v) is 6.69. The number of nitrogens with two attached hydrogens (primary N) is 1. The summed E-state index contributed by atoms with van der Waals surface area (Å²) in [6, 6.07) is 4.86. The number of hydrogen-bond acceptors (Lipinski definition) is 5. The molecule has 0 saturated carbocycles. The predicted octanol–water partition coefficient (Wildman–Crippen LogP) is 0.404. The summed E-state index contributed by atoms with van der Waals surface area (Å²) in [5, 5.41) is 17.5. The van der Waals surface area contributed by atoms with Crippen molar-refractivity contribution in [3.05, 3.63) is 29.3 Å². The zero-order valence-corrected chi connectivity index (χ0v) is 12.5. The number of hydrogen-bond donors (Lipinski definition) is 4. The molecule has 1 atom stereocenters. The molecule has 1 unspecified atom stereocenters. The third-order valence-electron chi connectivity index (χ3n) is 3.03. The van der Waals surface area contributed by atoms with Crippen molar-refractivity contribution in [2.45, 2.75) is 26.4 Å². The van der Waals surface area contributed by atoms with Crippen LogP contribution in [0.1, 0.15) is 25.0 Å². The van der Waals surface area contributed by atoms with E-state index in [1.165, 1.54) is 0 Å². The lowest BCUT2D eigenvalue weighted by Crippen LogP contribution is -2.41. The van der Waals surface area contributed by atoms with Gasteiger partial charge in [0.1, 0.15) is 5.75 Å². The van der Waals surface area contributed by atoms with E-state index in [2.05, 4.69) is 15.8 Å². The number of oxime groups is 1. The van der Waals surface area contributed by atoms with Gasteiger partial charge in [0, 0.05) is 24.2 Å². The van der Waals surface area contributed by atoms with Crippen molar-refractivity contribution in [1.82, 2.24) is 10.6 Å². The molecule has 0 bridgehead atoms. The van der Waals surface area contributed by atoms with Gasteiger partial charge in [-0.05, 0) is 32.0 Å². The first-order chi connectivity index (χ1) is 10.0. The fraction of sp³-hybridized carbons (Fsp3) is 0.429. The summed E-state index contributed by atoms with van der Waals surface area (Å²) in [7, 11) is 1.56. The van der Waals surface area contributed by atoms with Gasteiger partial charge in [-0.1, -0.05) is 5.16 Å². The third kappa shape index (κ3) is 4.64. The van der Waals surface area contributed by atoms with E-state index >= 15 is 0 Å². The number of nitrogens with zero attached hydrogens (tertiary/aromatic N) is 1. The van der Waals surface area contributed by atoms with Crippen LogP contribution in [0.25, 0.3) is 0 Å². The largest absolute Gasteiger partial charge is 0.496 e. The lowest BCUT2D eigenvalue weighted by Gasteiger charge is -2.15. The molecule has 0 aliphatic carbocycles. The number of likely N-dealkylation sites (N-methyl/N-ethyl adjacent to an activating group) is 1. The van der Waals surface area contributed by atoms with Gasteiger partial charge in [0.2, 0.25) is 5.91 Å². The molecule has 0 saturated heterocycles. The SMILES string of the molecule is CCNC(=O)C(C)NCc1cc(/C(N)=N/O)ccc1OC. The number of rotatable bonds is 7. The lowest BCUT2D eigenvalue weighted by molar-refractivity contribution is -0.122. The van der Waals surface area contributed by atoms with Gasteiger partial charge in [-0.3, -0.25) is 4.79 Å². The molecule has 0 spiro atoms. The highest BCUT2D eigenvalue weighted by Crippen LogP contribution is 2.19. The van der Waals surface area contributed by atoms with Crippen LogP contribution in [-0.4, -0.2) is 36.6 Å². The number of amides is 1. The van der Waals surface area contributed by atoms with Crippen LogP contribution in [0.4, 0.5) is 0 Å². The Kier molecular flexibility index (Phi) is 6.48. The number of amidine groups is 1. The van der Waals surface area contributed by atoms with E-state index in [0.29, 0.717) is 24.4 Å². The highest BCUT2D eigenvalue weighted by molar-refractivity contribution is 5.97. The molecule has 1 aromatic carbocycles.